The zero-order valence-corrected chi connectivity index (χ0v) is 15.6. The van der Waals surface area contributed by atoms with E-state index in [0.717, 1.165) is 5.56 Å². The maximum atomic E-state index is 12.9. The summed E-state index contributed by atoms with van der Waals surface area (Å²) in [5, 5.41) is 9.65. The molecule has 9 heteroatoms. The van der Waals surface area contributed by atoms with Gasteiger partial charge in [0.2, 0.25) is 0 Å². The van der Waals surface area contributed by atoms with E-state index in [0.29, 0.717) is 0 Å². The first kappa shape index (κ1) is 19.5. The standard InChI is InChI=1S/C17H19NO7S/c1-11-5-7-12(8-6-11)26(21,22)17(18(19)20)13-9-15(24-3)16(25-4)10-14(13)23-2/h5-10,17H,1-4H3/t17-/m0/s1. The first-order chi connectivity index (χ1) is 12.3. The molecule has 2 aromatic carbocycles. The number of benzene rings is 2. The Balaban J connectivity index is 2.71. The lowest BCUT2D eigenvalue weighted by molar-refractivity contribution is -0.503. The molecule has 0 unspecified atom stereocenters. The van der Waals surface area contributed by atoms with E-state index in [9.17, 15) is 18.5 Å². The van der Waals surface area contributed by atoms with Crippen LogP contribution in [-0.2, 0) is 9.84 Å². The van der Waals surface area contributed by atoms with Crippen molar-refractivity contribution in [1.29, 1.82) is 0 Å². The summed E-state index contributed by atoms with van der Waals surface area (Å²) in [6, 6.07) is 8.44. The van der Waals surface area contributed by atoms with Crippen LogP contribution < -0.4 is 14.2 Å². The molecule has 0 aliphatic rings. The number of hydrogen-bond acceptors (Lipinski definition) is 7. The van der Waals surface area contributed by atoms with Gasteiger partial charge in [0.05, 0.1) is 31.8 Å². The van der Waals surface area contributed by atoms with Crippen molar-refractivity contribution < 1.29 is 27.6 Å². The summed E-state index contributed by atoms with van der Waals surface area (Å²) in [5.41, 5.74) is 0.695. The number of rotatable bonds is 7. The van der Waals surface area contributed by atoms with Crippen LogP contribution in [0.15, 0.2) is 41.3 Å². The summed E-state index contributed by atoms with van der Waals surface area (Å²) < 4.78 is 41.3. The zero-order valence-electron chi connectivity index (χ0n) is 14.8. The van der Waals surface area contributed by atoms with E-state index in [2.05, 4.69) is 0 Å². The predicted molar refractivity (Wildman–Crippen MR) is 94.2 cm³/mol. The molecule has 0 N–H and O–H groups in total. The van der Waals surface area contributed by atoms with Crippen LogP contribution in [0.25, 0.3) is 0 Å². The SMILES string of the molecule is COc1cc(OC)c([C@@H]([N+](=O)[O-])S(=O)(=O)c2ccc(C)cc2)cc1OC. The van der Waals surface area contributed by atoms with Gasteiger partial charge in [0.1, 0.15) is 5.75 Å². The third kappa shape index (κ3) is 3.57. The number of sulfone groups is 1. The molecule has 8 nitrogen and oxygen atoms in total. The minimum absolute atomic E-state index is 0.0139. The van der Waals surface area contributed by atoms with Gasteiger partial charge in [-0.2, -0.15) is 0 Å². The Morgan fingerprint density at radius 3 is 1.88 bits per heavy atom. The Hall–Kier alpha value is -2.81. The van der Waals surface area contributed by atoms with Gasteiger partial charge in [-0.15, -0.1) is 0 Å². The average molecular weight is 381 g/mol. The van der Waals surface area contributed by atoms with Gasteiger partial charge < -0.3 is 14.2 Å². The molecule has 0 bridgehead atoms. The molecule has 0 aromatic heterocycles. The van der Waals surface area contributed by atoms with Crippen molar-refractivity contribution in [2.45, 2.75) is 17.2 Å². The fraction of sp³-hybridized carbons (Fsp3) is 0.294. The fourth-order valence-electron chi connectivity index (χ4n) is 2.50. The molecule has 2 aromatic rings. The largest absolute Gasteiger partial charge is 0.496 e. The van der Waals surface area contributed by atoms with Gasteiger partial charge in [-0.25, -0.2) is 8.42 Å². The normalized spacial score (nSPS) is 12.3. The minimum atomic E-state index is -4.32. The van der Waals surface area contributed by atoms with E-state index in [4.69, 9.17) is 14.2 Å². The third-order valence-electron chi connectivity index (χ3n) is 3.84. The molecule has 0 heterocycles. The highest BCUT2D eigenvalue weighted by Crippen LogP contribution is 2.41. The third-order valence-corrected chi connectivity index (χ3v) is 5.78. The highest BCUT2D eigenvalue weighted by Gasteiger charge is 2.42. The Labute approximate surface area is 151 Å². The van der Waals surface area contributed by atoms with Crippen LogP contribution in [-0.4, -0.2) is 34.7 Å². The van der Waals surface area contributed by atoms with Crippen LogP contribution in [0.4, 0.5) is 0 Å². The van der Waals surface area contributed by atoms with Crippen LogP contribution in [0.5, 0.6) is 17.2 Å². The predicted octanol–water partition coefficient (Wildman–Crippen LogP) is 2.77. The van der Waals surface area contributed by atoms with Gasteiger partial charge in [-0.05, 0) is 25.1 Å². The van der Waals surface area contributed by atoms with Crippen molar-refractivity contribution in [2.24, 2.45) is 0 Å². The Morgan fingerprint density at radius 2 is 1.42 bits per heavy atom. The maximum Gasteiger partial charge on any atom is 0.343 e. The van der Waals surface area contributed by atoms with Crippen molar-refractivity contribution in [3.05, 3.63) is 57.6 Å². The molecule has 2 rings (SSSR count). The lowest BCUT2D eigenvalue weighted by Crippen LogP contribution is -2.22. The van der Waals surface area contributed by atoms with E-state index < -0.39 is 20.1 Å². The van der Waals surface area contributed by atoms with Crippen molar-refractivity contribution >= 4 is 9.84 Å². The maximum absolute atomic E-state index is 12.9. The summed E-state index contributed by atoms with van der Waals surface area (Å²) in [5.74, 6) is 0.442. The molecule has 140 valence electrons. The molecule has 0 aliphatic heterocycles. The van der Waals surface area contributed by atoms with Crippen LogP contribution in [0.1, 0.15) is 16.5 Å². The van der Waals surface area contributed by atoms with Crippen LogP contribution in [0.3, 0.4) is 0 Å². The van der Waals surface area contributed by atoms with Crippen LogP contribution in [0.2, 0.25) is 0 Å². The number of nitro groups is 1. The molecule has 0 radical (unpaired) electrons. The molecule has 0 spiro atoms. The summed E-state index contributed by atoms with van der Waals surface area (Å²) in [7, 11) is -0.286. The number of methoxy groups -OCH3 is 3. The number of hydrogen-bond donors (Lipinski definition) is 0. The van der Waals surface area contributed by atoms with Gasteiger partial charge in [-0.1, -0.05) is 17.7 Å². The minimum Gasteiger partial charge on any atom is -0.496 e. The Morgan fingerprint density at radius 1 is 0.923 bits per heavy atom. The number of ether oxygens (including phenoxy) is 3. The summed E-state index contributed by atoms with van der Waals surface area (Å²) in [4.78, 5) is 10.7. The van der Waals surface area contributed by atoms with E-state index in [-0.39, 0.29) is 27.7 Å². The summed E-state index contributed by atoms with van der Waals surface area (Å²) in [6.45, 7) is 1.79. The van der Waals surface area contributed by atoms with Crippen molar-refractivity contribution in [3.63, 3.8) is 0 Å². The van der Waals surface area contributed by atoms with Crippen molar-refractivity contribution in [1.82, 2.24) is 0 Å². The first-order valence-electron chi connectivity index (χ1n) is 7.50. The van der Waals surface area contributed by atoms with Gasteiger partial charge in [0, 0.05) is 11.0 Å². The van der Waals surface area contributed by atoms with Gasteiger partial charge >= 0.3 is 5.37 Å². The smallest absolute Gasteiger partial charge is 0.343 e. The van der Waals surface area contributed by atoms with E-state index in [1.54, 1.807) is 19.1 Å². The second-order valence-electron chi connectivity index (χ2n) is 5.44. The highest BCUT2D eigenvalue weighted by atomic mass is 32.2. The molecular formula is C17H19NO7S. The van der Waals surface area contributed by atoms with E-state index in [1.807, 2.05) is 0 Å². The summed E-state index contributed by atoms with van der Waals surface area (Å²) >= 11 is 0. The second kappa shape index (κ2) is 7.61. The number of aryl methyl sites for hydroxylation is 1. The molecular weight excluding hydrogens is 362 g/mol. The lowest BCUT2D eigenvalue weighted by atomic mass is 10.1. The number of nitrogens with zero attached hydrogens (tertiary/aromatic N) is 1. The second-order valence-corrected chi connectivity index (χ2v) is 7.45. The quantitative estimate of drug-likeness (QED) is 0.536. The molecule has 26 heavy (non-hydrogen) atoms. The topological polar surface area (TPSA) is 105 Å². The highest BCUT2D eigenvalue weighted by molar-refractivity contribution is 7.91. The molecule has 0 fully saturated rings. The van der Waals surface area contributed by atoms with Crippen molar-refractivity contribution in [3.8, 4) is 17.2 Å². The molecule has 0 amide bonds. The molecule has 0 saturated carbocycles. The molecule has 0 saturated heterocycles. The van der Waals surface area contributed by atoms with Gasteiger partial charge in [0.15, 0.2) is 11.5 Å². The Kier molecular flexibility index (Phi) is 5.71. The Bertz CT molecular complexity index is 907. The van der Waals surface area contributed by atoms with Gasteiger partial charge in [-0.3, -0.25) is 10.1 Å². The van der Waals surface area contributed by atoms with Gasteiger partial charge in [0.25, 0.3) is 9.84 Å². The van der Waals surface area contributed by atoms with Crippen molar-refractivity contribution in [2.75, 3.05) is 21.3 Å². The average Bonchev–Trinajstić information content (AvgIpc) is 2.61. The summed E-state index contributed by atoms with van der Waals surface area (Å²) in [6.07, 6.45) is 0. The monoisotopic (exact) mass is 381 g/mol. The van der Waals surface area contributed by atoms with E-state index >= 15 is 0 Å². The van der Waals surface area contributed by atoms with Crippen LogP contribution >= 0.6 is 0 Å². The zero-order chi connectivity index (χ0) is 19.5. The first-order valence-corrected chi connectivity index (χ1v) is 9.04. The fourth-order valence-corrected chi connectivity index (χ4v) is 4.02. The lowest BCUT2D eigenvalue weighted by Gasteiger charge is -2.17. The van der Waals surface area contributed by atoms with E-state index in [1.165, 1.54) is 45.6 Å². The van der Waals surface area contributed by atoms with Crippen LogP contribution in [0, 0.1) is 17.0 Å². The molecule has 1 atom stereocenters. The molecule has 0 aliphatic carbocycles.